The van der Waals surface area contributed by atoms with Gasteiger partial charge in [-0.25, -0.2) is 0 Å². The maximum atomic E-state index is 9.73. The molecule has 0 radical (unpaired) electrons. The number of nitrogens with zero attached hydrogens (tertiary/aromatic N) is 1. The molecule has 0 bridgehead atoms. The van der Waals surface area contributed by atoms with Gasteiger partial charge in [-0.05, 0) is 36.2 Å². The minimum Gasteiger partial charge on any atom is -0.496 e. The Labute approximate surface area is 107 Å². The SMILES string of the molecule is COc1ccncc1CC1(CO)CC2(CNC2)C1. The molecule has 3 rings (SSSR count). The first-order chi connectivity index (χ1) is 8.71. The molecule has 4 nitrogen and oxygen atoms in total. The van der Waals surface area contributed by atoms with Gasteiger partial charge in [-0.1, -0.05) is 0 Å². The van der Waals surface area contributed by atoms with Crippen LogP contribution >= 0.6 is 0 Å². The Kier molecular flexibility index (Phi) is 2.79. The number of hydrogen-bond acceptors (Lipinski definition) is 4. The summed E-state index contributed by atoms with van der Waals surface area (Å²) >= 11 is 0. The van der Waals surface area contributed by atoms with Crippen molar-refractivity contribution in [3.8, 4) is 5.75 Å². The second-order valence-electron chi connectivity index (χ2n) is 5.98. The summed E-state index contributed by atoms with van der Waals surface area (Å²) in [5, 5.41) is 13.1. The number of pyridine rings is 1. The molecule has 18 heavy (non-hydrogen) atoms. The molecule has 1 aromatic heterocycles. The molecule has 0 unspecified atom stereocenters. The number of ether oxygens (including phenoxy) is 1. The van der Waals surface area contributed by atoms with Gasteiger partial charge in [0, 0.05) is 37.7 Å². The molecule has 0 atom stereocenters. The van der Waals surface area contributed by atoms with E-state index in [1.165, 1.54) is 0 Å². The van der Waals surface area contributed by atoms with Crippen LogP contribution < -0.4 is 10.1 Å². The van der Waals surface area contributed by atoms with E-state index in [1.807, 2.05) is 12.3 Å². The number of rotatable bonds is 4. The van der Waals surface area contributed by atoms with Crippen LogP contribution in [0.2, 0.25) is 0 Å². The lowest BCUT2D eigenvalue weighted by molar-refractivity contribution is -0.104. The molecule has 1 aliphatic carbocycles. The van der Waals surface area contributed by atoms with Crippen molar-refractivity contribution in [1.82, 2.24) is 10.3 Å². The fourth-order valence-corrected chi connectivity index (χ4v) is 3.71. The Morgan fingerprint density at radius 1 is 1.44 bits per heavy atom. The second kappa shape index (κ2) is 4.21. The van der Waals surface area contributed by atoms with E-state index < -0.39 is 0 Å². The lowest BCUT2D eigenvalue weighted by atomic mass is 9.49. The first-order valence-corrected chi connectivity index (χ1v) is 6.49. The Bertz CT molecular complexity index is 435. The summed E-state index contributed by atoms with van der Waals surface area (Å²) in [6.45, 7) is 2.48. The molecular formula is C14H20N2O2. The van der Waals surface area contributed by atoms with Gasteiger partial charge in [0.25, 0.3) is 0 Å². The predicted molar refractivity (Wildman–Crippen MR) is 68.5 cm³/mol. The molecule has 2 N–H and O–H groups in total. The number of hydrogen-bond donors (Lipinski definition) is 2. The minimum atomic E-state index is 0.0401. The molecule has 1 aromatic rings. The van der Waals surface area contributed by atoms with E-state index in [9.17, 15) is 5.11 Å². The highest BCUT2D eigenvalue weighted by Crippen LogP contribution is 2.58. The quantitative estimate of drug-likeness (QED) is 0.834. The summed E-state index contributed by atoms with van der Waals surface area (Å²) in [5.74, 6) is 0.880. The number of aromatic nitrogens is 1. The molecule has 0 aromatic carbocycles. The summed E-state index contributed by atoms with van der Waals surface area (Å²) < 4.78 is 5.36. The van der Waals surface area contributed by atoms with Crippen LogP contribution in [0.5, 0.6) is 5.75 Å². The second-order valence-corrected chi connectivity index (χ2v) is 5.98. The minimum absolute atomic E-state index is 0.0401. The van der Waals surface area contributed by atoms with Crippen LogP contribution in [-0.4, -0.2) is 36.9 Å². The first kappa shape index (κ1) is 11.9. The van der Waals surface area contributed by atoms with Crippen LogP contribution in [0.1, 0.15) is 18.4 Å². The van der Waals surface area contributed by atoms with Crippen molar-refractivity contribution < 1.29 is 9.84 Å². The summed E-state index contributed by atoms with van der Waals surface area (Å²) in [6.07, 6.45) is 6.69. The molecular weight excluding hydrogens is 228 g/mol. The molecule has 1 aliphatic heterocycles. The summed E-state index contributed by atoms with van der Waals surface area (Å²) in [6, 6.07) is 1.89. The fourth-order valence-electron chi connectivity index (χ4n) is 3.71. The van der Waals surface area contributed by atoms with Crippen LogP contribution in [-0.2, 0) is 6.42 Å². The summed E-state index contributed by atoms with van der Waals surface area (Å²) in [5.41, 5.74) is 1.62. The van der Waals surface area contributed by atoms with Crippen molar-refractivity contribution in [3.05, 3.63) is 24.0 Å². The zero-order valence-corrected chi connectivity index (χ0v) is 10.8. The molecule has 4 heteroatoms. The molecule has 2 heterocycles. The van der Waals surface area contributed by atoms with Crippen LogP contribution in [0.4, 0.5) is 0 Å². The highest BCUT2D eigenvalue weighted by atomic mass is 16.5. The monoisotopic (exact) mass is 248 g/mol. The fraction of sp³-hybridized carbons (Fsp3) is 0.643. The predicted octanol–water partition coefficient (Wildman–Crippen LogP) is 0.995. The average Bonchev–Trinajstić information content (AvgIpc) is 2.31. The standard InChI is InChI=1S/C14H20N2O2/c1-18-12-2-3-15-5-11(12)4-13(10-17)6-14(7-13)8-16-9-14/h2-3,5,16-17H,4,6-10H2,1H3. The normalized spacial score (nSPS) is 23.2. The first-order valence-electron chi connectivity index (χ1n) is 6.49. The zero-order valence-electron chi connectivity index (χ0n) is 10.8. The molecule has 0 amide bonds. The molecule has 1 saturated heterocycles. The van der Waals surface area contributed by atoms with E-state index in [-0.39, 0.29) is 12.0 Å². The number of aliphatic hydroxyl groups is 1. The Balaban J connectivity index is 1.74. The van der Waals surface area contributed by atoms with E-state index in [0.29, 0.717) is 5.41 Å². The molecule has 2 fully saturated rings. The third kappa shape index (κ3) is 1.80. The van der Waals surface area contributed by atoms with Crippen LogP contribution in [0, 0.1) is 10.8 Å². The Morgan fingerprint density at radius 2 is 2.22 bits per heavy atom. The largest absolute Gasteiger partial charge is 0.496 e. The van der Waals surface area contributed by atoms with E-state index in [2.05, 4.69) is 10.3 Å². The number of nitrogens with one attached hydrogen (secondary N) is 1. The molecule has 1 saturated carbocycles. The van der Waals surface area contributed by atoms with Crippen LogP contribution in [0.25, 0.3) is 0 Å². The third-order valence-corrected chi connectivity index (χ3v) is 4.48. The Morgan fingerprint density at radius 3 is 2.78 bits per heavy atom. The highest BCUT2D eigenvalue weighted by Gasteiger charge is 2.56. The van der Waals surface area contributed by atoms with Crippen molar-refractivity contribution in [2.24, 2.45) is 10.8 Å². The van der Waals surface area contributed by atoms with Gasteiger partial charge in [-0.2, -0.15) is 0 Å². The molecule has 2 aliphatic rings. The van der Waals surface area contributed by atoms with Gasteiger partial charge in [-0.15, -0.1) is 0 Å². The summed E-state index contributed by atoms with van der Waals surface area (Å²) in [7, 11) is 1.68. The van der Waals surface area contributed by atoms with Crippen molar-refractivity contribution in [2.75, 3.05) is 26.8 Å². The smallest absolute Gasteiger partial charge is 0.125 e. The van der Waals surface area contributed by atoms with Gasteiger partial charge in [0.15, 0.2) is 0 Å². The van der Waals surface area contributed by atoms with Gasteiger partial charge in [0.1, 0.15) is 5.75 Å². The molecule has 98 valence electrons. The highest BCUT2D eigenvalue weighted by molar-refractivity contribution is 5.32. The van der Waals surface area contributed by atoms with Gasteiger partial charge in [0.2, 0.25) is 0 Å². The lowest BCUT2D eigenvalue weighted by Gasteiger charge is -2.61. The molecule has 1 spiro atoms. The van der Waals surface area contributed by atoms with Gasteiger partial charge < -0.3 is 15.2 Å². The lowest BCUT2D eigenvalue weighted by Crippen LogP contribution is -2.65. The zero-order chi connectivity index (χ0) is 12.6. The number of aliphatic hydroxyl groups excluding tert-OH is 1. The van der Waals surface area contributed by atoms with Crippen molar-refractivity contribution in [1.29, 1.82) is 0 Å². The van der Waals surface area contributed by atoms with E-state index in [1.54, 1.807) is 13.3 Å². The average molecular weight is 248 g/mol. The number of methoxy groups -OCH3 is 1. The maximum Gasteiger partial charge on any atom is 0.125 e. The third-order valence-electron chi connectivity index (χ3n) is 4.48. The van der Waals surface area contributed by atoms with Crippen LogP contribution in [0.3, 0.4) is 0 Å². The Hall–Kier alpha value is -1.13. The van der Waals surface area contributed by atoms with Gasteiger partial charge >= 0.3 is 0 Å². The van der Waals surface area contributed by atoms with Crippen LogP contribution in [0.15, 0.2) is 18.5 Å². The maximum absolute atomic E-state index is 9.73. The van der Waals surface area contributed by atoms with Crippen molar-refractivity contribution in [2.45, 2.75) is 19.3 Å². The van der Waals surface area contributed by atoms with Crippen molar-refractivity contribution >= 4 is 0 Å². The van der Waals surface area contributed by atoms with Gasteiger partial charge in [0.05, 0.1) is 7.11 Å². The topological polar surface area (TPSA) is 54.4 Å². The van der Waals surface area contributed by atoms with E-state index in [0.717, 1.165) is 43.7 Å². The van der Waals surface area contributed by atoms with E-state index in [4.69, 9.17) is 4.74 Å². The van der Waals surface area contributed by atoms with E-state index >= 15 is 0 Å². The van der Waals surface area contributed by atoms with Gasteiger partial charge in [-0.3, -0.25) is 4.98 Å². The van der Waals surface area contributed by atoms with Crippen molar-refractivity contribution in [3.63, 3.8) is 0 Å². The summed E-state index contributed by atoms with van der Waals surface area (Å²) in [4.78, 5) is 4.17.